The molecule has 4 aromatic rings. The summed E-state index contributed by atoms with van der Waals surface area (Å²) in [6.07, 6.45) is 0. The fourth-order valence-corrected chi connectivity index (χ4v) is 4.15. The quantitative estimate of drug-likeness (QED) is 0.183. The number of fused-ring (bicyclic) bond motifs is 1. The first-order chi connectivity index (χ1) is 15.1. The van der Waals surface area contributed by atoms with E-state index in [4.69, 9.17) is 5.11 Å². The second-order valence-corrected chi connectivity index (χ2v) is 9.33. The molecule has 0 aliphatic carbocycles. The number of thiazole rings is 1. The Kier molecular flexibility index (Phi) is 7.19. The van der Waals surface area contributed by atoms with E-state index in [1.54, 1.807) is 11.3 Å². The van der Waals surface area contributed by atoms with Crippen molar-refractivity contribution in [2.24, 2.45) is 24.3 Å². The molecular weight excluding hydrogens is 448 g/mol. The Morgan fingerprint density at radius 2 is 1.62 bits per heavy atom. The molecule has 0 amide bonds. The molecule has 32 heavy (non-hydrogen) atoms. The number of azo groups is 1. The van der Waals surface area contributed by atoms with Crippen LogP contribution in [0.25, 0.3) is 22.2 Å². The number of para-hydroxylation sites is 1. The van der Waals surface area contributed by atoms with Gasteiger partial charge in [-0.2, -0.15) is 0 Å². The maximum atomic E-state index is 9.22. The zero-order valence-corrected chi connectivity index (χ0v) is 20.1. The lowest BCUT2D eigenvalue weighted by Gasteiger charge is -2.04. The Balaban J connectivity index is 0.000000427. The van der Waals surface area contributed by atoms with Gasteiger partial charge in [0.1, 0.15) is 11.4 Å². The molecule has 8 nitrogen and oxygen atoms in total. The van der Waals surface area contributed by atoms with Gasteiger partial charge in [-0.3, -0.25) is 4.18 Å². The predicted octanol–water partition coefficient (Wildman–Crippen LogP) is 4.86. The number of nitrogens with zero attached hydrogens (tertiary/aromatic N) is 4. The third-order valence-corrected chi connectivity index (χ3v) is 6.66. The highest BCUT2D eigenvalue weighted by Gasteiger charge is 2.20. The van der Waals surface area contributed by atoms with Crippen molar-refractivity contribution in [2.45, 2.75) is 13.8 Å². The largest absolute Gasteiger partial charge is 0.726 e. The number of aromatic nitrogens is 2. The van der Waals surface area contributed by atoms with E-state index in [2.05, 4.69) is 87.9 Å². The Hall–Kier alpha value is -2.92. The highest BCUT2D eigenvalue weighted by Crippen LogP contribution is 2.40. The first-order valence-corrected chi connectivity index (χ1v) is 11.8. The fourth-order valence-electron chi connectivity index (χ4n) is 3.24. The molecule has 0 unspecified atom stereocenters. The monoisotopic (exact) mass is 472 g/mol. The summed E-state index contributed by atoms with van der Waals surface area (Å²) < 4.78 is 35.3. The molecule has 10 heteroatoms. The minimum Gasteiger partial charge on any atom is -0.726 e. The molecule has 0 fully saturated rings. The predicted molar refractivity (Wildman–Crippen MR) is 124 cm³/mol. The Morgan fingerprint density at radius 1 is 1.03 bits per heavy atom. The van der Waals surface area contributed by atoms with E-state index in [1.165, 1.54) is 10.6 Å². The van der Waals surface area contributed by atoms with Crippen LogP contribution in [0.2, 0.25) is 0 Å². The van der Waals surface area contributed by atoms with Crippen LogP contribution in [0.15, 0.2) is 64.8 Å². The van der Waals surface area contributed by atoms with Crippen LogP contribution >= 0.6 is 11.3 Å². The summed E-state index contributed by atoms with van der Waals surface area (Å²) in [5.74, 6) is 0. The van der Waals surface area contributed by atoms with Gasteiger partial charge in [-0.1, -0.05) is 48.5 Å². The molecule has 0 radical (unpaired) electrons. The van der Waals surface area contributed by atoms with Gasteiger partial charge >= 0.3 is 5.13 Å². The normalized spacial score (nSPS) is 11.7. The Bertz CT molecular complexity index is 1370. The van der Waals surface area contributed by atoms with Crippen LogP contribution in [-0.2, 0) is 28.7 Å². The average Bonchev–Trinajstić information content (AvgIpc) is 3.20. The highest BCUT2D eigenvalue weighted by molar-refractivity contribution is 7.80. The summed E-state index contributed by atoms with van der Waals surface area (Å²) in [5.41, 5.74) is 5.53. The zero-order valence-electron chi connectivity index (χ0n) is 18.4. The third-order valence-electron chi connectivity index (χ3n) is 5.11. The Labute approximate surface area is 191 Å². The summed E-state index contributed by atoms with van der Waals surface area (Å²) >= 11 is 1.67. The SMILES string of the molecule is COS(=O)(=O)[O-].Cc1sc(N=Nc2c(-c3ccccc3)n(C)c3ccccc23)[n+](C)c1C. The molecule has 0 saturated heterocycles. The number of rotatable bonds is 4. The third kappa shape index (κ3) is 5.10. The topological polar surface area (TPSA) is 100.0 Å². The van der Waals surface area contributed by atoms with Crippen LogP contribution in [0.1, 0.15) is 10.6 Å². The molecule has 168 valence electrons. The molecule has 2 aromatic heterocycles. The molecule has 0 spiro atoms. The van der Waals surface area contributed by atoms with Crippen molar-refractivity contribution in [2.75, 3.05) is 7.11 Å². The first kappa shape index (κ1) is 23.7. The van der Waals surface area contributed by atoms with Crippen molar-refractivity contribution in [3.63, 3.8) is 0 Å². The summed E-state index contributed by atoms with van der Waals surface area (Å²) in [4.78, 5) is 1.27. The van der Waals surface area contributed by atoms with Gasteiger partial charge in [0, 0.05) is 18.0 Å². The van der Waals surface area contributed by atoms with Crippen LogP contribution < -0.4 is 4.57 Å². The van der Waals surface area contributed by atoms with E-state index in [1.807, 2.05) is 13.1 Å². The van der Waals surface area contributed by atoms with Gasteiger partial charge in [0.05, 0.1) is 35.4 Å². The van der Waals surface area contributed by atoms with Crippen LogP contribution in [-0.4, -0.2) is 24.6 Å². The molecule has 0 atom stereocenters. The molecule has 2 heterocycles. The lowest BCUT2D eigenvalue weighted by atomic mass is 10.1. The first-order valence-electron chi connectivity index (χ1n) is 9.66. The zero-order chi connectivity index (χ0) is 23.5. The molecule has 0 aliphatic heterocycles. The minimum absolute atomic E-state index is 0.808. The van der Waals surface area contributed by atoms with Crippen LogP contribution in [0.4, 0.5) is 10.8 Å². The fraction of sp³-hybridized carbons (Fsp3) is 0.227. The van der Waals surface area contributed by atoms with E-state index in [-0.39, 0.29) is 0 Å². The average molecular weight is 473 g/mol. The van der Waals surface area contributed by atoms with Crippen LogP contribution in [0, 0.1) is 13.8 Å². The molecule has 0 N–H and O–H groups in total. The van der Waals surface area contributed by atoms with Crippen LogP contribution in [0.3, 0.4) is 0 Å². The Morgan fingerprint density at radius 3 is 2.19 bits per heavy atom. The van der Waals surface area contributed by atoms with Crippen LogP contribution in [0.5, 0.6) is 0 Å². The summed E-state index contributed by atoms with van der Waals surface area (Å²) in [6, 6.07) is 18.7. The number of hydrogen-bond donors (Lipinski definition) is 0. The maximum Gasteiger partial charge on any atom is 0.408 e. The number of hydrogen-bond acceptors (Lipinski definition) is 7. The molecule has 4 rings (SSSR count). The van der Waals surface area contributed by atoms with Crippen molar-refractivity contribution in [3.05, 3.63) is 65.2 Å². The molecule has 2 aromatic carbocycles. The van der Waals surface area contributed by atoms with Crippen molar-refractivity contribution >= 4 is 43.5 Å². The van der Waals surface area contributed by atoms with Crippen molar-refractivity contribution in [3.8, 4) is 11.3 Å². The molecule has 0 aliphatic rings. The number of aryl methyl sites for hydroxylation is 2. The van der Waals surface area contributed by atoms with Crippen molar-refractivity contribution < 1.29 is 21.7 Å². The van der Waals surface area contributed by atoms with Crippen molar-refractivity contribution in [1.29, 1.82) is 0 Å². The molecule has 0 saturated carbocycles. The summed E-state index contributed by atoms with van der Waals surface area (Å²) in [5, 5.41) is 11.3. The van der Waals surface area contributed by atoms with E-state index >= 15 is 0 Å². The maximum absolute atomic E-state index is 9.22. The lowest BCUT2D eigenvalue weighted by Crippen LogP contribution is -2.28. The van der Waals surface area contributed by atoms with Crippen molar-refractivity contribution in [1.82, 2.24) is 4.57 Å². The van der Waals surface area contributed by atoms with E-state index in [9.17, 15) is 13.0 Å². The van der Waals surface area contributed by atoms with Gasteiger partial charge in [0.25, 0.3) is 0 Å². The summed E-state index contributed by atoms with van der Waals surface area (Å²) in [6.45, 7) is 4.23. The van der Waals surface area contributed by atoms with E-state index < -0.39 is 10.4 Å². The minimum atomic E-state index is -4.41. The summed E-state index contributed by atoms with van der Waals surface area (Å²) in [7, 11) is 0.518. The second-order valence-electron chi connectivity index (χ2n) is 7.00. The smallest absolute Gasteiger partial charge is 0.408 e. The van der Waals surface area contributed by atoms with E-state index in [0.717, 1.165) is 40.1 Å². The molecule has 0 bridgehead atoms. The van der Waals surface area contributed by atoms with Gasteiger partial charge in [-0.05, 0) is 36.4 Å². The van der Waals surface area contributed by atoms with Gasteiger partial charge < -0.3 is 9.12 Å². The van der Waals surface area contributed by atoms with Gasteiger partial charge in [0.15, 0.2) is 0 Å². The molecular formula is C22H24N4O4S2. The van der Waals surface area contributed by atoms with Gasteiger partial charge in [-0.15, -0.1) is 0 Å². The van der Waals surface area contributed by atoms with Gasteiger partial charge in [0.2, 0.25) is 10.4 Å². The lowest BCUT2D eigenvalue weighted by molar-refractivity contribution is -0.660. The van der Waals surface area contributed by atoms with E-state index in [0.29, 0.717) is 0 Å². The standard InChI is InChI=1S/C21H21N4S.CH4O4S/c1-14-15(2)26-21(24(14)3)23-22-19-17-12-8-9-13-18(17)25(4)20(19)16-10-6-5-7-11-16;1-5-6(2,3)4/h5-13H,1-4H3;1H3,(H,2,3,4)/q+1;/p-1. The number of benzene rings is 2. The van der Waals surface area contributed by atoms with Gasteiger partial charge in [-0.25, -0.2) is 13.0 Å². The second kappa shape index (κ2) is 9.70. The highest BCUT2D eigenvalue weighted by atomic mass is 32.3.